The molecule has 6 saturated heterocycles. The number of nitrogens with one attached hydrogen (secondary N) is 2. The molecule has 0 aromatic carbocycles. The van der Waals surface area contributed by atoms with Gasteiger partial charge in [-0.15, -0.1) is 11.3 Å². The smallest absolute Gasteiger partial charge is 0.312 e. The van der Waals surface area contributed by atoms with Gasteiger partial charge in [-0.2, -0.15) is 85.1 Å². The van der Waals surface area contributed by atoms with E-state index in [0.29, 0.717) is 154 Å². The number of hydrogen-bond acceptors (Lipinski definition) is 35. The lowest BCUT2D eigenvalue weighted by Crippen LogP contribution is -2.53. The number of imidazole rings is 1. The minimum atomic E-state index is -0.785. The average molecular weight is 1980 g/mol. The topological polar surface area (TPSA) is 548 Å². The molecule has 12 atom stereocenters. The first-order valence-electron chi connectivity index (χ1n) is 47.0. The minimum absolute atomic E-state index is 0.00575. The summed E-state index contributed by atoms with van der Waals surface area (Å²) in [5.41, 5.74) is 10.4. The van der Waals surface area contributed by atoms with Crippen LogP contribution in [0, 0.1) is 116 Å². The van der Waals surface area contributed by atoms with Crippen molar-refractivity contribution in [2.75, 3.05) is 156 Å². The molecule has 6 amide bonds. The Hall–Kier alpha value is -15.5. The number of thiazole rings is 1. The van der Waals surface area contributed by atoms with Crippen molar-refractivity contribution in [3.05, 3.63) is 103 Å². The number of carbonyl (C=O) groups excluding carboxylic acids is 6. The fraction of sp³-hybridized carbons (Fsp3) is 0.521. The van der Waals surface area contributed by atoms with Gasteiger partial charge in [0.1, 0.15) is 113 Å². The summed E-state index contributed by atoms with van der Waals surface area (Å²) in [5.74, 6) is 8.33. The molecule has 12 aromatic rings. The molecule has 0 bridgehead atoms. The highest BCUT2D eigenvalue weighted by atomic mass is 35.5. The second-order valence-electron chi connectivity index (χ2n) is 36.7. The summed E-state index contributed by atoms with van der Waals surface area (Å²) in [5, 5.41) is 63.0. The number of hydrogen-bond donors (Lipinski definition) is 3. The number of amides is 6. The van der Waals surface area contributed by atoms with Gasteiger partial charge in [0.25, 0.3) is 11.6 Å². The van der Waals surface area contributed by atoms with Gasteiger partial charge in [-0.05, 0) is 99.2 Å². The first-order chi connectivity index (χ1) is 68.3. The van der Waals surface area contributed by atoms with Crippen LogP contribution in [-0.4, -0.2) is 320 Å². The van der Waals surface area contributed by atoms with Gasteiger partial charge in [0.2, 0.25) is 47.2 Å². The number of nitriles is 6. The summed E-state index contributed by atoms with van der Waals surface area (Å²) in [7, 11) is 11.8. The summed E-state index contributed by atoms with van der Waals surface area (Å²) in [4.78, 5) is 157. The highest BCUT2D eigenvalue weighted by Gasteiger charge is 2.40. The van der Waals surface area contributed by atoms with E-state index in [1.807, 2.05) is 132 Å². The van der Waals surface area contributed by atoms with E-state index >= 15 is 0 Å². The molecule has 0 spiro atoms. The zero-order valence-electron chi connectivity index (χ0n) is 81.8. The molecule has 45 nitrogen and oxygen atoms in total. The van der Waals surface area contributed by atoms with E-state index < -0.39 is 6.08 Å². The largest absolute Gasteiger partial charge is 0.368 e. The van der Waals surface area contributed by atoms with Gasteiger partial charge in [0.15, 0.2) is 5.82 Å². The number of nitrogens with zero attached hydrogens (tertiary/aromatic N) is 36. The number of likely N-dealkylation sites (tertiary alicyclic amines) is 6. The molecule has 6 aliphatic heterocycles. The van der Waals surface area contributed by atoms with E-state index in [9.17, 15) is 33.2 Å². The molecule has 18 heterocycles. The Morgan fingerprint density at radius 1 is 0.430 bits per heavy atom. The molecule has 48 heteroatoms. The van der Waals surface area contributed by atoms with Crippen LogP contribution in [0.4, 0.5) is 45.2 Å². The molecule has 0 aliphatic carbocycles. The van der Waals surface area contributed by atoms with Gasteiger partial charge in [-0.1, -0.05) is 53.1 Å². The Morgan fingerprint density at radius 3 is 1.25 bits per heavy atom. The first kappa shape index (κ1) is 104. The van der Waals surface area contributed by atoms with Crippen LogP contribution in [0.25, 0.3) is 49.7 Å². The van der Waals surface area contributed by atoms with Crippen LogP contribution in [-0.2, 0) is 28.8 Å². The number of piperidine rings is 6. The van der Waals surface area contributed by atoms with Crippen LogP contribution in [0.15, 0.2) is 85.8 Å². The number of aryl methyl sites for hydroxylation is 1. The normalized spacial score (nSPS) is 20.9. The van der Waals surface area contributed by atoms with Gasteiger partial charge in [0.05, 0.1) is 88.9 Å². The van der Waals surface area contributed by atoms with E-state index in [1.165, 1.54) is 24.0 Å². The van der Waals surface area contributed by atoms with E-state index in [1.54, 1.807) is 74.9 Å². The summed E-state index contributed by atoms with van der Waals surface area (Å²) < 4.78 is 19.0. The lowest BCUT2D eigenvalue weighted by molar-refractivity contribution is -0.132. The van der Waals surface area contributed by atoms with Crippen LogP contribution in [0.3, 0.4) is 0 Å². The molecular weight excluding hydrogens is 1860 g/mol. The Labute approximate surface area is 829 Å². The summed E-state index contributed by atoms with van der Waals surface area (Å²) >= 11 is 7.62. The minimum Gasteiger partial charge on any atom is -0.368 e. The van der Waals surface area contributed by atoms with Gasteiger partial charge < -0.3 is 74.5 Å². The lowest BCUT2D eigenvalue weighted by Gasteiger charge is -2.42. The Kier molecular flexibility index (Phi) is 34.7. The highest BCUT2D eigenvalue weighted by molar-refractivity contribution is 7.16. The van der Waals surface area contributed by atoms with Crippen LogP contribution in [0.5, 0.6) is 0 Å². The highest BCUT2D eigenvalue weighted by Crippen LogP contribution is 2.37. The van der Waals surface area contributed by atoms with Gasteiger partial charge in [-0.3, -0.25) is 33.2 Å². The third-order valence-electron chi connectivity index (χ3n) is 27.8. The zero-order valence-corrected chi connectivity index (χ0v) is 83.3. The van der Waals surface area contributed by atoms with Crippen molar-refractivity contribution >= 4 is 149 Å². The lowest BCUT2D eigenvalue weighted by atomic mass is 9.92. The van der Waals surface area contributed by atoms with Gasteiger partial charge >= 0.3 is 6.08 Å². The van der Waals surface area contributed by atoms with E-state index in [0.717, 1.165) is 94.4 Å². The predicted octanol–water partition coefficient (Wildman–Crippen LogP) is 8.18. The number of anilines is 7. The molecule has 744 valence electrons. The van der Waals surface area contributed by atoms with Crippen molar-refractivity contribution in [3.63, 3.8) is 0 Å². The average Bonchev–Trinajstić information content (AvgIpc) is 1.64. The molecule has 0 saturated carbocycles. The van der Waals surface area contributed by atoms with Crippen LogP contribution >= 0.6 is 22.9 Å². The molecule has 18 rings (SSSR count). The molecule has 4 N–H and O–H groups in total. The molecule has 12 aromatic heterocycles. The Morgan fingerprint density at radius 2 is 0.810 bits per heavy atom. The van der Waals surface area contributed by atoms with Crippen LogP contribution < -0.4 is 35.1 Å². The number of halogens is 2. The van der Waals surface area contributed by atoms with Crippen LogP contribution in [0.1, 0.15) is 124 Å². The molecule has 6 aliphatic rings. The SMILES string of the molecule is C[C@@H]1CCN(C(=O)CC#N)C[C@@H]1N(C)c1cc(Cl)nc2nccn12.C[C@@H]1CCN(C(=O)CC#N)C[C@@H]1N(C)c1ccnc2ncnn12.C[C@@H]1CCN(C(=O)CC#N)C[C@@H]1N(C)c1nc(F)nc2[nH]ccc12.C[C@@H]1CCN(C(=O)CC#N)C[C@@H]1N(C)c1nc(N)nc2[nH]ccc12.C[C@@H]1CCN(C(=O)CC#N)C[C@@H]1N(C)c1ncnc2scnc12.Cc1cc(N(C)[C@H]2CN(C(=O)CC#N)CC[C@H]2C)n2ncnc2n1. The van der Waals surface area contributed by atoms with Crippen LogP contribution in [0.2, 0.25) is 5.15 Å². The van der Waals surface area contributed by atoms with E-state index in [4.69, 9.17) is 48.9 Å². The monoisotopic (exact) mass is 1970 g/mol. The summed E-state index contributed by atoms with van der Waals surface area (Å²) in [6.45, 7) is 22.6. The Bertz CT molecular complexity index is 6080. The molecule has 6 fully saturated rings. The van der Waals surface area contributed by atoms with E-state index in [2.05, 4.69) is 151 Å². The van der Waals surface area contributed by atoms with Crippen molar-refractivity contribution in [1.82, 2.24) is 128 Å². The standard InChI is InChI=1S/C16H19ClN6O.C16H19FN6O.2C16H21N7O.C15H19N7O.C15H18N6OS/c1-11-4-7-22(15(24)3-5-18)10-12(11)21(2)14-9-13(17)20-16-19-6-8-23(14)16;1-10-5-8-23(13(24)3-6-18)9-12(10)22(2)15-11-4-7-19-14(11)20-16(17)21-15;1-11-5-7-22(15(24)4-6-17)9-13(11)21(3)14-8-12(2)20-16-18-10-19-23(14)16;1-10-5-8-23(13(24)3-6-17)9-12(10)22(2)15-11-4-7-19-14(11)20-16(18)21-15;1-11-5-8-21(14(23)3-6-16)9-12(11)20(2)13-4-7-17-15-18-10-19-22(13)15;1-10-4-6-21(12(22)3-5-16)7-11(10)20(2)14-13-15(18-8-17-14)23-9-19-13/h6,8-9,11-12H,3-4,7,10H2,1-2H3;4,7,10,12H,3,5,8-9H2,1-2H3,(H,19,20,21);8,10-11,13H,4-5,7,9H2,1-3H3;4,7,10,12H,3,5,8-9H2,1-2H3,(H3,18,19,20,21);4,7,10-12H,3,5,8-9H2,1-2H3;8-11H,3-4,6-7H2,1-2H3/t11-,12+;10-,12+;11-,13+;10-,12+;11-,12+;10-,11+/m111111/s1. The number of fused-ring (bicyclic) bond motifs is 6. The number of nitrogens with two attached hydrogens (primary N) is 1. The summed E-state index contributed by atoms with van der Waals surface area (Å²) in [6, 6.07) is 21.7. The molecular formula is C94H117ClFN39O6S. The number of H-pyrrole nitrogens is 2. The third kappa shape index (κ3) is 24.1. The molecule has 0 unspecified atom stereocenters. The number of aromatic amines is 2. The summed E-state index contributed by atoms with van der Waals surface area (Å²) in [6.07, 6.45) is 17.4. The number of likely N-dealkylation sites (N-methyl/N-ethyl adjacent to an activating group) is 6. The predicted molar refractivity (Wildman–Crippen MR) is 528 cm³/mol. The van der Waals surface area contributed by atoms with Crippen molar-refractivity contribution in [2.24, 2.45) is 35.5 Å². The van der Waals surface area contributed by atoms with Crippen molar-refractivity contribution in [1.29, 1.82) is 31.6 Å². The fourth-order valence-electron chi connectivity index (χ4n) is 19.3. The fourth-order valence-corrected chi connectivity index (χ4v) is 20.1. The second-order valence-corrected chi connectivity index (χ2v) is 37.9. The number of aromatic nitrogens is 20. The first-order valence-corrected chi connectivity index (χ1v) is 48.3. The maximum absolute atomic E-state index is 13.7. The van der Waals surface area contributed by atoms with Gasteiger partial charge in [-0.25, -0.2) is 34.9 Å². The van der Waals surface area contributed by atoms with E-state index in [-0.39, 0.29) is 116 Å². The molecule has 0 radical (unpaired) electrons. The van der Waals surface area contributed by atoms with Gasteiger partial charge in [0, 0.05) is 170 Å². The maximum Gasteiger partial charge on any atom is 0.312 e. The zero-order chi connectivity index (χ0) is 102. The number of rotatable bonds is 18. The van der Waals surface area contributed by atoms with Crippen molar-refractivity contribution in [2.45, 2.75) is 162 Å². The second kappa shape index (κ2) is 47.4. The number of nitrogen functional groups attached to an aromatic ring is 1. The third-order valence-corrected chi connectivity index (χ3v) is 28.7. The number of carbonyl (C=O) groups is 6. The van der Waals surface area contributed by atoms with Crippen molar-refractivity contribution < 1.29 is 33.2 Å². The maximum atomic E-state index is 13.7. The quantitative estimate of drug-likeness (QED) is 0.0538. The molecule has 142 heavy (non-hydrogen) atoms. The van der Waals surface area contributed by atoms with Crippen molar-refractivity contribution in [3.8, 4) is 36.4 Å². The Balaban J connectivity index is 0.000000143.